The van der Waals surface area contributed by atoms with E-state index in [4.69, 9.17) is 4.74 Å². The molecule has 0 saturated carbocycles. The van der Waals surface area contributed by atoms with Crippen LogP contribution in [0.25, 0.3) is 0 Å². The van der Waals surface area contributed by atoms with Crippen molar-refractivity contribution in [1.29, 1.82) is 0 Å². The molecule has 0 aromatic carbocycles. The van der Waals surface area contributed by atoms with Gasteiger partial charge in [0.25, 0.3) is 0 Å². The largest absolute Gasteiger partial charge is 0.444 e. The third-order valence-electron chi connectivity index (χ3n) is 4.72. The fourth-order valence-corrected chi connectivity index (χ4v) is 3.55. The highest BCUT2D eigenvalue weighted by molar-refractivity contribution is 5.69. The van der Waals surface area contributed by atoms with Gasteiger partial charge in [-0.05, 0) is 64.5 Å². The molecule has 1 atom stereocenters. The average molecular weight is 331 g/mol. The fourth-order valence-electron chi connectivity index (χ4n) is 3.55. The number of likely N-dealkylation sites (tertiary alicyclic amines) is 1. The van der Waals surface area contributed by atoms with Crippen LogP contribution in [0, 0.1) is 0 Å². The predicted octanol–water partition coefficient (Wildman–Crippen LogP) is 4.14. The van der Waals surface area contributed by atoms with Crippen molar-refractivity contribution >= 4 is 11.9 Å². The number of rotatable bonds is 2. The lowest BCUT2D eigenvalue weighted by atomic mass is 9.97. The van der Waals surface area contributed by atoms with Gasteiger partial charge < -0.3 is 14.5 Å². The van der Waals surface area contributed by atoms with Gasteiger partial charge in [0, 0.05) is 25.8 Å². The van der Waals surface area contributed by atoms with E-state index in [1.165, 1.54) is 12.8 Å². The van der Waals surface area contributed by atoms with Crippen LogP contribution in [0.1, 0.15) is 64.5 Å². The molecule has 132 valence electrons. The van der Waals surface area contributed by atoms with Gasteiger partial charge in [0.1, 0.15) is 11.4 Å². The molecular weight excluding hydrogens is 302 g/mol. The Morgan fingerprint density at radius 1 is 1.12 bits per heavy atom. The first kappa shape index (κ1) is 17.1. The number of ether oxygens (including phenoxy) is 1. The smallest absolute Gasteiger partial charge is 0.410 e. The molecule has 5 heteroatoms. The Hall–Kier alpha value is -1.78. The molecule has 0 radical (unpaired) electrons. The molecule has 3 heterocycles. The summed E-state index contributed by atoms with van der Waals surface area (Å²) in [5.41, 5.74) is 0.653. The number of hydrogen-bond donors (Lipinski definition) is 0. The number of pyridine rings is 1. The van der Waals surface area contributed by atoms with Crippen molar-refractivity contribution in [3.05, 3.63) is 23.9 Å². The number of hydrogen-bond acceptors (Lipinski definition) is 4. The van der Waals surface area contributed by atoms with E-state index in [2.05, 4.69) is 22.0 Å². The molecule has 1 aromatic heterocycles. The zero-order chi connectivity index (χ0) is 17.2. The van der Waals surface area contributed by atoms with E-state index < -0.39 is 5.60 Å². The van der Waals surface area contributed by atoms with Gasteiger partial charge in [0.2, 0.25) is 0 Å². The van der Waals surface area contributed by atoms with E-state index in [0.717, 1.165) is 50.3 Å². The maximum absolute atomic E-state index is 12.5. The van der Waals surface area contributed by atoms with Crippen molar-refractivity contribution < 1.29 is 9.53 Å². The molecule has 5 nitrogen and oxygen atoms in total. The van der Waals surface area contributed by atoms with Crippen molar-refractivity contribution in [2.75, 3.05) is 24.5 Å². The monoisotopic (exact) mass is 331 g/mol. The molecule has 1 aromatic rings. The summed E-state index contributed by atoms with van der Waals surface area (Å²) in [5.74, 6) is 1.05. The number of aromatic nitrogens is 1. The lowest BCUT2D eigenvalue weighted by Crippen LogP contribution is -2.41. The molecular formula is C19H29N3O2. The van der Waals surface area contributed by atoms with Crippen LogP contribution >= 0.6 is 0 Å². The number of nitrogens with zero attached hydrogens (tertiary/aromatic N) is 3. The van der Waals surface area contributed by atoms with Gasteiger partial charge in [-0.25, -0.2) is 9.78 Å². The van der Waals surface area contributed by atoms with Gasteiger partial charge in [0.05, 0.1) is 6.04 Å². The quantitative estimate of drug-likeness (QED) is 0.817. The second kappa shape index (κ2) is 6.99. The third-order valence-corrected chi connectivity index (χ3v) is 4.72. The summed E-state index contributed by atoms with van der Waals surface area (Å²) in [6, 6.07) is 4.31. The molecule has 0 spiro atoms. The van der Waals surface area contributed by atoms with Gasteiger partial charge in [-0.3, -0.25) is 0 Å². The van der Waals surface area contributed by atoms with Crippen LogP contribution in [-0.4, -0.2) is 41.2 Å². The molecule has 2 aliphatic rings. The van der Waals surface area contributed by atoms with Crippen LogP contribution in [0.3, 0.4) is 0 Å². The maximum atomic E-state index is 12.5. The van der Waals surface area contributed by atoms with E-state index in [-0.39, 0.29) is 12.1 Å². The van der Waals surface area contributed by atoms with Crippen LogP contribution in [0.15, 0.2) is 18.3 Å². The highest BCUT2D eigenvalue weighted by atomic mass is 16.6. The lowest BCUT2D eigenvalue weighted by molar-refractivity contribution is 0.00948. The Morgan fingerprint density at radius 3 is 2.46 bits per heavy atom. The van der Waals surface area contributed by atoms with E-state index in [1.54, 1.807) is 0 Å². The van der Waals surface area contributed by atoms with E-state index in [0.29, 0.717) is 0 Å². The summed E-state index contributed by atoms with van der Waals surface area (Å²) in [6.45, 7) is 8.69. The Labute approximate surface area is 145 Å². The van der Waals surface area contributed by atoms with E-state index in [9.17, 15) is 4.79 Å². The number of piperidine rings is 1. The number of carbonyl (C=O) groups is 1. The number of anilines is 1. The first-order chi connectivity index (χ1) is 11.4. The van der Waals surface area contributed by atoms with Crippen LogP contribution in [-0.2, 0) is 4.74 Å². The molecule has 3 rings (SSSR count). The van der Waals surface area contributed by atoms with Crippen molar-refractivity contribution in [2.24, 2.45) is 0 Å². The van der Waals surface area contributed by atoms with Gasteiger partial charge >= 0.3 is 6.09 Å². The zero-order valence-corrected chi connectivity index (χ0v) is 15.1. The van der Waals surface area contributed by atoms with Crippen molar-refractivity contribution in [1.82, 2.24) is 9.88 Å². The SMILES string of the molecule is CC(C)(C)OC(=O)N1CCCC[C@@H]1c1ccc(N2CCCC2)nc1. The van der Waals surface area contributed by atoms with Crippen molar-refractivity contribution in [3.63, 3.8) is 0 Å². The van der Waals surface area contributed by atoms with Crippen LogP contribution < -0.4 is 4.90 Å². The second-order valence-corrected chi connectivity index (χ2v) is 7.83. The average Bonchev–Trinajstić information content (AvgIpc) is 3.08. The minimum atomic E-state index is -0.461. The van der Waals surface area contributed by atoms with Gasteiger partial charge in [-0.2, -0.15) is 0 Å². The summed E-state index contributed by atoms with van der Waals surface area (Å²) in [5, 5.41) is 0. The van der Waals surface area contributed by atoms with Gasteiger partial charge in [0.15, 0.2) is 0 Å². The standard InChI is InChI=1S/C19H29N3O2/c1-19(2,3)24-18(23)22-13-5-4-8-16(22)15-9-10-17(20-14-15)21-11-6-7-12-21/h9-10,14,16H,4-8,11-13H2,1-3H3/t16-/m1/s1. The molecule has 0 unspecified atom stereocenters. The minimum absolute atomic E-state index is 0.0775. The second-order valence-electron chi connectivity index (χ2n) is 7.83. The van der Waals surface area contributed by atoms with Crippen molar-refractivity contribution in [3.8, 4) is 0 Å². The Balaban J connectivity index is 1.73. The van der Waals surface area contributed by atoms with Crippen LogP contribution in [0.2, 0.25) is 0 Å². The van der Waals surface area contributed by atoms with Crippen LogP contribution in [0.5, 0.6) is 0 Å². The molecule has 24 heavy (non-hydrogen) atoms. The molecule has 0 aliphatic carbocycles. The Kier molecular flexibility index (Phi) is 4.97. The van der Waals surface area contributed by atoms with Gasteiger partial charge in [-0.15, -0.1) is 0 Å². The molecule has 2 saturated heterocycles. The maximum Gasteiger partial charge on any atom is 0.410 e. The van der Waals surface area contributed by atoms with Crippen molar-refractivity contribution in [2.45, 2.75) is 64.5 Å². The minimum Gasteiger partial charge on any atom is -0.444 e. The Morgan fingerprint density at radius 2 is 1.83 bits per heavy atom. The Bertz CT molecular complexity index is 559. The molecule has 2 fully saturated rings. The van der Waals surface area contributed by atoms with E-state index >= 15 is 0 Å². The number of amides is 1. The zero-order valence-electron chi connectivity index (χ0n) is 15.1. The topological polar surface area (TPSA) is 45.7 Å². The number of carbonyl (C=O) groups excluding carboxylic acids is 1. The molecule has 0 bridgehead atoms. The van der Waals surface area contributed by atoms with E-state index in [1.807, 2.05) is 31.9 Å². The van der Waals surface area contributed by atoms with Crippen LogP contribution in [0.4, 0.5) is 10.6 Å². The fraction of sp³-hybridized carbons (Fsp3) is 0.684. The highest BCUT2D eigenvalue weighted by Gasteiger charge is 2.31. The first-order valence-corrected chi connectivity index (χ1v) is 9.14. The summed E-state index contributed by atoms with van der Waals surface area (Å²) >= 11 is 0. The molecule has 1 amide bonds. The van der Waals surface area contributed by atoms with Gasteiger partial charge in [-0.1, -0.05) is 6.07 Å². The summed E-state index contributed by atoms with van der Waals surface area (Å²) in [4.78, 5) is 21.4. The molecule has 2 aliphatic heterocycles. The third kappa shape index (κ3) is 4.00. The summed E-state index contributed by atoms with van der Waals surface area (Å²) < 4.78 is 5.59. The summed E-state index contributed by atoms with van der Waals surface area (Å²) in [6.07, 6.45) is 7.38. The summed E-state index contributed by atoms with van der Waals surface area (Å²) in [7, 11) is 0. The lowest BCUT2D eigenvalue weighted by Gasteiger charge is -2.37. The predicted molar refractivity (Wildman–Crippen MR) is 95.2 cm³/mol. The molecule has 0 N–H and O–H groups in total. The highest BCUT2D eigenvalue weighted by Crippen LogP contribution is 2.32. The first-order valence-electron chi connectivity index (χ1n) is 9.14. The normalized spacial score (nSPS) is 21.9.